The van der Waals surface area contributed by atoms with E-state index in [1.54, 1.807) is 0 Å². The predicted octanol–water partition coefficient (Wildman–Crippen LogP) is 8.83. The Balaban J connectivity index is 1.40. The van der Waals surface area contributed by atoms with Crippen LogP contribution in [-0.4, -0.2) is 12.1 Å². The molecule has 0 aliphatic heterocycles. The van der Waals surface area contributed by atoms with Crippen molar-refractivity contribution in [1.82, 2.24) is 0 Å². The molecule has 3 rings (SSSR count). The van der Waals surface area contributed by atoms with Crippen LogP contribution in [0.3, 0.4) is 0 Å². The van der Waals surface area contributed by atoms with Crippen LogP contribution < -0.4 is 4.74 Å². The van der Waals surface area contributed by atoms with Crippen molar-refractivity contribution in [3.8, 4) is 5.75 Å². The third-order valence-corrected chi connectivity index (χ3v) is 7.92. The number of unbranched alkanes of at least 4 members (excludes halogenated alkanes) is 3. The van der Waals surface area contributed by atoms with Crippen LogP contribution in [-0.2, 0) is 10.7 Å². The highest BCUT2D eigenvalue weighted by Crippen LogP contribution is 2.45. The van der Waals surface area contributed by atoms with Crippen LogP contribution >= 0.6 is 0 Å². The first kappa shape index (κ1) is 26.9. The smallest absolute Gasteiger partial charge is 0.426 e. The minimum atomic E-state index is -5.67. The van der Waals surface area contributed by atoms with Crippen molar-refractivity contribution in [2.24, 2.45) is 23.7 Å². The molecule has 7 heteroatoms. The summed E-state index contributed by atoms with van der Waals surface area (Å²) in [5.41, 5.74) is -1.17. The SMILES string of the molecule is CCCCCC[C@H]1CC[C@H]([C@H]2CC[C@H](C(=O)Oc3ccc(C(F)(F)C(F)(F)F)cc3)CC2)CC1. The summed E-state index contributed by atoms with van der Waals surface area (Å²) in [4.78, 5) is 12.5. The van der Waals surface area contributed by atoms with E-state index in [9.17, 15) is 26.7 Å². The van der Waals surface area contributed by atoms with Crippen LogP contribution in [0.4, 0.5) is 22.0 Å². The maximum atomic E-state index is 13.4. The second-order valence-electron chi connectivity index (χ2n) is 10.3. The monoisotopic (exact) mass is 488 g/mol. The quantitative estimate of drug-likeness (QED) is 0.150. The molecule has 0 heterocycles. The van der Waals surface area contributed by atoms with Crippen LogP contribution in [0.25, 0.3) is 0 Å². The molecule has 1 aromatic rings. The van der Waals surface area contributed by atoms with Crippen molar-refractivity contribution in [3.05, 3.63) is 29.8 Å². The Morgan fingerprint density at radius 3 is 1.91 bits per heavy atom. The molecular formula is C27H37F5O2. The fourth-order valence-corrected chi connectivity index (χ4v) is 5.73. The normalized spacial score (nSPS) is 26.3. The molecule has 34 heavy (non-hydrogen) atoms. The number of rotatable bonds is 9. The number of hydrogen-bond acceptors (Lipinski definition) is 2. The number of carbonyl (C=O) groups excluding carboxylic acids is 1. The summed E-state index contributed by atoms with van der Waals surface area (Å²) in [5, 5.41) is 0. The van der Waals surface area contributed by atoms with Crippen molar-refractivity contribution >= 4 is 5.97 Å². The largest absolute Gasteiger partial charge is 0.458 e. The third kappa shape index (κ3) is 6.94. The first-order chi connectivity index (χ1) is 16.1. The zero-order chi connectivity index (χ0) is 24.8. The molecule has 192 valence electrons. The van der Waals surface area contributed by atoms with Crippen molar-refractivity contribution in [2.75, 3.05) is 0 Å². The Morgan fingerprint density at radius 2 is 1.38 bits per heavy atom. The molecule has 0 N–H and O–H groups in total. The van der Waals surface area contributed by atoms with Crippen molar-refractivity contribution in [2.45, 2.75) is 102 Å². The second kappa shape index (κ2) is 11.9. The second-order valence-corrected chi connectivity index (χ2v) is 10.3. The summed E-state index contributed by atoms with van der Waals surface area (Å²) >= 11 is 0. The van der Waals surface area contributed by atoms with Gasteiger partial charge >= 0.3 is 18.1 Å². The van der Waals surface area contributed by atoms with Gasteiger partial charge in [-0.3, -0.25) is 4.79 Å². The summed E-state index contributed by atoms with van der Waals surface area (Å²) in [6.07, 6.45) is 9.67. The molecule has 2 saturated carbocycles. The summed E-state index contributed by atoms with van der Waals surface area (Å²) in [6.45, 7) is 2.24. The number of hydrogen-bond donors (Lipinski definition) is 0. The molecule has 0 atom stereocenters. The Morgan fingerprint density at radius 1 is 0.824 bits per heavy atom. The maximum Gasteiger partial charge on any atom is 0.458 e. The molecule has 0 aromatic heterocycles. The number of ether oxygens (including phenoxy) is 1. The van der Waals surface area contributed by atoms with Crippen LogP contribution in [0.15, 0.2) is 24.3 Å². The summed E-state index contributed by atoms with van der Waals surface area (Å²) < 4.78 is 69.6. The molecule has 2 aliphatic rings. The van der Waals surface area contributed by atoms with Gasteiger partial charge in [-0.05, 0) is 80.5 Å². The van der Waals surface area contributed by atoms with E-state index in [0.29, 0.717) is 18.1 Å². The fourth-order valence-electron chi connectivity index (χ4n) is 5.73. The van der Waals surface area contributed by atoms with Gasteiger partial charge in [0.2, 0.25) is 0 Å². The zero-order valence-corrected chi connectivity index (χ0v) is 20.0. The zero-order valence-electron chi connectivity index (χ0n) is 20.0. The van der Waals surface area contributed by atoms with E-state index >= 15 is 0 Å². The highest BCUT2D eigenvalue weighted by Gasteiger charge is 2.58. The maximum absolute atomic E-state index is 13.4. The standard InChI is InChI=1S/C27H37F5O2/c1-2-3-4-5-6-19-7-9-20(10-8-19)21-11-13-22(14-12-21)25(33)34-24-17-15-23(16-18-24)26(28,29)27(30,31)32/h15-22H,2-14H2,1H3/t19-,20-,21-,22-. The Labute approximate surface area is 199 Å². The van der Waals surface area contributed by atoms with Gasteiger partial charge in [0.1, 0.15) is 5.75 Å². The lowest BCUT2D eigenvalue weighted by molar-refractivity contribution is -0.289. The number of benzene rings is 1. The summed E-state index contributed by atoms with van der Waals surface area (Å²) in [5.74, 6) is -3.36. The van der Waals surface area contributed by atoms with Gasteiger partial charge < -0.3 is 4.74 Å². The highest BCUT2D eigenvalue weighted by atomic mass is 19.4. The van der Waals surface area contributed by atoms with Gasteiger partial charge in [0.15, 0.2) is 0 Å². The van der Waals surface area contributed by atoms with Gasteiger partial charge in [-0.25, -0.2) is 0 Å². The van der Waals surface area contributed by atoms with E-state index in [4.69, 9.17) is 4.74 Å². The predicted molar refractivity (Wildman–Crippen MR) is 122 cm³/mol. The molecule has 2 fully saturated rings. The molecule has 2 nitrogen and oxygen atoms in total. The Kier molecular flexibility index (Phi) is 9.39. The van der Waals surface area contributed by atoms with E-state index in [-0.39, 0.29) is 11.7 Å². The average molecular weight is 489 g/mol. The molecule has 0 unspecified atom stereocenters. The molecule has 0 saturated heterocycles. The molecule has 0 bridgehead atoms. The van der Waals surface area contributed by atoms with Crippen LogP contribution in [0.2, 0.25) is 0 Å². The van der Waals surface area contributed by atoms with Gasteiger partial charge in [-0.2, -0.15) is 22.0 Å². The lowest BCUT2D eigenvalue weighted by Crippen LogP contribution is -2.33. The van der Waals surface area contributed by atoms with E-state index < -0.39 is 23.6 Å². The minimum absolute atomic E-state index is 0.00823. The third-order valence-electron chi connectivity index (χ3n) is 7.92. The lowest BCUT2D eigenvalue weighted by atomic mass is 9.68. The van der Waals surface area contributed by atoms with E-state index in [0.717, 1.165) is 49.7 Å². The summed E-state index contributed by atoms with van der Waals surface area (Å²) in [7, 11) is 0. The van der Waals surface area contributed by atoms with Crippen molar-refractivity contribution < 1.29 is 31.5 Å². The van der Waals surface area contributed by atoms with Gasteiger partial charge in [-0.1, -0.05) is 51.9 Å². The number of alkyl halides is 5. The first-order valence-corrected chi connectivity index (χ1v) is 12.9. The highest BCUT2D eigenvalue weighted by molar-refractivity contribution is 5.75. The number of carbonyl (C=O) groups is 1. The lowest BCUT2D eigenvalue weighted by Gasteiger charge is -2.37. The van der Waals surface area contributed by atoms with E-state index in [1.807, 2.05) is 0 Å². The fraction of sp³-hybridized carbons (Fsp3) is 0.741. The molecular weight excluding hydrogens is 451 g/mol. The Hall–Kier alpha value is -1.66. The van der Waals surface area contributed by atoms with Gasteiger partial charge in [0.05, 0.1) is 5.92 Å². The molecule has 0 amide bonds. The topological polar surface area (TPSA) is 26.3 Å². The van der Waals surface area contributed by atoms with Gasteiger partial charge in [0, 0.05) is 5.56 Å². The molecule has 0 radical (unpaired) electrons. The van der Waals surface area contributed by atoms with E-state index in [1.165, 1.54) is 57.8 Å². The van der Waals surface area contributed by atoms with Gasteiger partial charge in [0.25, 0.3) is 0 Å². The van der Waals surface area contributed by atoms with E-state index in [2.05, 4.69) is 6.92 Å². The number of halogens is 5. The Bertz CT molecular complexity index is 758. The van der Waals surface area contributed by atoms with Crippen LogP contribution in [0.5, 0.6) is 5.75 Å². The average Bonchev–Trinajstić information content (AvgIpc) is 2.82. The minimum Gasteiger partial charge on any atom is -0.426 e. The van der Waals surface area contributed by atoms with Crippen LogP contribution in [0.1, 0.15) is 96.0 Å². The summed E-state index contributed by atoms with van der Waals surface area (Å²) in [6, 6.07) is 3.32. The molecule has 2 aliphatic carbocycles. The first-order valence-electron chi connectivity index (χ1n) is 12.9. The van der Waals surface area contributed by atoms with Gasteiger partial charge in [-0.15, -0.1) is 0 Å². The number of esters is 1. The van der Waals surface area contributed by atoms with Crippen molar-refractivity contribution in [3.63, 3.8) is 0 Å². The molecule has 0 spiro atoms. The van der Waals surface area contributed by atoms with Crippen LogP contribution in [0, 0.1) is 23.7 Å². The molecule has 1 aromatic carbocycles. The van der Waals surface area contributed by atoms with Crippen molar-refractivity contribution in [1.29, 1.82) is 0 Å².